The van der Waals surface area contributed by atoms with Crippen molar-refractivity contribution in [3.8, 4) is 0 Å². The molecular weight excluding hydrogens is 404 g/mol. The summed E-state index contributed by atoms with van der Waals surface area (Å²) in [7, 11) is 0. The number of hydrogen-bond donors (Lipinski definition) is 2. The molecule has 8 nitrogen and oxygen atoms in total. The molecule has 0 spiro atoms. The van der Waals surface area contributed by atoms with Crippen LogP contribution in [0.4, 0.5) is 10.3 Å². The highest BCUT2D eigenvalue weighted by Gasteiger charge is 2.11. The fourth-order valence-electron chi connectivity index (χ4n) is 1.83. The van der Waals surface area contributed by atoms with Gasteiger partial charge >= 0.3 is 0 Å². The van der Waals surface area contributed by atoms with E-state index in [1.54, 1.807) is 6.08 Å². The molecule has 2 amide bonds. The van der Waals surface area contributed by atoms with Gasteiger partial charge in [0.05, 0.1) is 5.75 Å². The van der Waals surface area contributed by atoms with E-state index >= 15 is 0 Å². The van der Waals surface area contributed by atoms with Crippen molar-refractivity contribution in [3.05, 3.63) is 47.0 Å². The molecule has 0 aliphatic rings. The minimum atomic E-state index is -0.295. The lowest BCUT2D eigenvalue weighted by Gasteiger charge is -1.98. The Morgan fingerprint density at radius 2 is 1.78 bits per heavy atom. The molecule has 3 aromatic rings. The van der Waals surface area contributed by atoms with E-state index in [0.29, 0.717) is 14.6 Å². The molecule has 2 N–H and O–H groups in total. The zero-order valence-electron chi connectivity index (χ0n) is 14.1. The fraction of sp³-hybridized carbons (Fsp3) is 0.125. The molecule has 0 bridgehead atoms. The van der Waals surface area contributed by atoms with Crippen LogP contribution in [0.1, 0.15) is 10.6 Å². The van der Waals surface area contributed by atoms with E-state index in [2.05, 4.69) is 31.0 Å². The third kappa shape index (κ3) is 6.24. The van der Waals surface area contributed by atoms with Gasteiger partial charge in [-0.1, -0.05) is 64.8 Å². The topological polar surface area (TPSA) is 110 Å². The molecule has 138 valence electrons. The average molecular weight is 419 g/mol. The number of anilines is 2. The van der Waals surface area contributed by atoms with Gasteiger partial charge in [-0.15, -0.1) is 20.4 Å². The first-order valence-electron chi connectivity index (χ1n) is 7.69. The second-order valence-corrected chi connectivity index (χ2v) is 8.45. The van der Waals surface area contributed by atoms with E-state index in [0.717, 1.165) is 10.6 Å². The molecule has 0 aliphatic heterocycles. The predicted octanol–water partition coefficient (Wildman–Crippen LogP) is 3.08. The Balaban J connectivity index is 1.46. The van der Waals surface area contributed by atoms with Crippen molar-refractivity contribution in [2.45, 2.75) is 11.3 Å². The van der Waals surface area contributed by atoms with Crippen LogP contribution in [0.3, 0.4) is 0 Å². The SMILES string of the molecule is Cc1nnc(NC(=O)CSc2nnc(NC(=O)/C=C/c3ccccc3)s2)s1. The minimum Gasteiger partial charge on any atom is -0.300 e. The summed E-state index contributed by atoms with van der Waals surface area (Å²) < 4.78 is 0.584. The second-order valence-electron chi connectivity index (χ2n) is 5.07. The number of amides is 2. The molecule has 27 heavy (non-hydrogen) atoms. The van der Waals surface area contributed by atoms with Gasteiger partial charge in [-0.25, -0.2) is 0 Å². The van der Waals surface area contributed by atoms with Gasteiger partial charge in [0.15, 0.2) is 4.34 Å². The molecule has 0 fully saturated rings. The zero-order chi connectivity index (χ0) is 19.1. The van der Waals surface area contributed by atoms with E-state index in [1.807, 2.05) is 37.3 Å². The van der Waals surface area contributed by atoms with Crippen molar-refractivity contribution in [2.75, 3.05) is 16.4 Å². The zero-order valence-corrected chi connectivity index (χ0v) is 16.5. The van der Waals surface area contributed by atoms with Crippen LogP contribution in [0, 0.1) is 6.92 Å². The van der Waals surface area contributed by atoms with Crippen LogP contribution in [-0.4, -0.2) is 38.0 Å². The maximum Gasteiger partial charge on any atom is 0.250 e. The van der Waals surface area contributed by atoms with Crippen molar-refractivity contribution in [1.82, 2.24) is 20.4 Å². The molecule has 2 aromatic heterocycles. The summed E-state index contributed by atoms with van der Waals surface area (Å²) in [6.45, 7) is 1.81. The molecule has 0 atom stereocenters. The number of thioether (sulfide) groups is 1. The molecule has 0 aliphatic carbocycles. The van der Waals surface area contributed by atoms with Gasteiger partial charge in [-0.05, 0) is 18.6 Å². The van der Waals surface area contributed by atoms with Crippen LogP contribution < -0.4 is 10.6 Å². The van der Waals surface area contributed by atoms with Gasteiger partial charge in [0.25, 0.3) is 0 Å². The fourth-order valence-corrected chi connectivity index (χ4v) is 3.99. The van der Waals surface area contributed by atoms with E-state index in [1.165, 1.54) is 40.5 Å². The molecule has 0 saturated heterocycles. The quantitative estimate of drug-likeness (QED) is 0.345. The number of carbonyl (C=O) groups is 2. The predicted molar refractivity (Wildman–Crippen MR) is 108 cm³/mol. The van der Waals surface area contributed by atoms with Crippen LogP contribution in [0.2, 0.25) is 0 Å². The Kier molecular flexibility index (Phi) is 6.63. The maximum atomic E-state index is 11.9. The number of benzene rings is 1. The lowest BCUT2D eigenvalue weighted by molar-refractivity contribution is -0.114. The lowest BCUT2D eigenvalue weighted by Crippen LogP contribution is -2.13. The van der Waals surface area contributed by atoms with Crippen LogP contribution >= 0.6 is 34.4 Å². The monoisotopic (exact) mass is 418 g/mol. The Labute approximate surface area is 167 Å². The van der Waals surface area contributed by atoms with Gasteiger partial charge in [-0.2, -0.15) is 0 Å². The largest absolute Gasteiger partial charge is 0.300 e. The molecule has 2 heterocycles. The molecule has 0 saturated carbocycles. The summed E-state index contributed by atoms with van der Waals surface area (Å²) in [6.07, 6.45) is 3.15. The summed E-state index contributed by atoms with van der Waals surface area (Å²) in [5.41, 5.74) is 0.929. The first-order chi connectivity index (χ1) is 13.1. The molecule has 11 heteroatoms. The first-order valence-corrected chi connectivity index (χ1v) is 10.3. The number of carbonyl (C=O) groups excluding carboxylic acids is 2. The minimum absolute atomic E-state index is 0.162. The van der Waals surface area contributed by atoms with Gasteiger partial charge in [0, 0.05) is 6.08 Å². The highest BCUT2D eigenvalue weighted by atomic mass is 32.2. The average Bonchev–Trinajstić information content (AvgIpc) is 3.28. The van der Waals surface area contributed by atoms with Gasteiger partial charge in [0.2, 0.25) is 22.1 Å². The van der Waals surface area contributed by atoms with Crippen LogP contribution in [0.5, 0.6) is 0 Å². The number of nitrogens with zero attached hydrogens (tertiary/aromatic N) is 4. The second kappa shape index (κ2) is 9.35. The normalized spacial score (nSPS) is 10.9. The van der Waals surface area contributed by atoms with E-state index in [4.69, 9.17) is 0 Å². The van der Waals surface area contributed by atoms with Crippen molar-refractivity contribution in [2.24, 2.45) is 0 Å². The maximum absolute atomic E-state index is 11.9. The van der Waals surface area contributed by atoms with E-state index < -0.39 is 0 Å². The smallest absolute Gasteiger partial charge is 0.250 e. The number of aromatic nitrogens is 4. The number of aryl methyl sites for hydroxylation is 1. The summed E-state index contributed by atoms with van der Waals surface area (Å²) in [6, 6.07) is 9.50. The van der Waals surface area contributed by atoms with E-state index in [-0.39, 0.29) is 17.6 Å². The lowest BCUT2D eigenvalue weighted by atomic mass is 10.2. The molecule has 0 radical (unpaired) electrons. The van der Waals surface area contributed by atoms with Crippen molar-refractivity contribution >= 4 is 62.6 Å². The third-order valence-electron chi connectivity index (χ3n) is 2.96. The summed E-state index contributed by atoms with van der Waals surface area (Å²) in [5, 5.41) is 22.5. The van der Waals surface area contributed by atoms with Gasteiger partial charge in [0.1, 0.15) is 5.01 Å². The summed E-state index contributed by atoms with van der Waals surface area (Å²) >= 11 is 3.75. The van der Waals surface area contributed by atoms with Gasteiger partial charge in [-0.3, -0.25) is 20.2 Å². The first kappa shape index (κ1) is 19.1. The molecular formula is C16H14N6O2S3. The van der Waals surface area contributed by atoms with Crippen LogP contribution in [0.25, 0.3) is 6.08 Å². The molecule has 0 unspecified atom stereocenters. The van der Waals surface area contributed by atoms with Crippen LogP contribution in [0.15, 0.2) is 40.7 Å². The standard InChI is InChI=1S/C16H14N6O2S3/c1-10-19-20-14(26-10)18-13(24)9-25-16-22-21-15(27-16)17-12(23)8-7-11-5-3-2-4-6-11/h2-8H,9H2,1H3,(H,17,21,23)(H,18,20,24)/b8-7+. The van der Waals surface area contributed by atoms with Gasteiger partial charge < -0.3 is 0 Å². The van der Waals surface area contributed by atoms with Crippen molar-refractivity contribution in [3.63, 3.8) is 0 Å². The number of rotatable bonds is 7. The Morgan fingerprint density at radius 3 is 2.52 bits per heavy atom. The highest BCUT2D eigenvalue weighted by Crippen LogP contribution is 2.25. The Morgan fingerprint density at radius 1 is 1.04 bits per heavy atom. The van der Waals surface area contributed by atoms with E-state index in [9.17, 15) is 9.59 Å². The Hall–Kier alpha value is -2.63. The summed E-state index contributed by atoms with van der Waals surface area (Å²) in [5.74, 6) is -0.339. The molecule has 1 aromatic carbocycles. The third-order valence-corrected chi connectivity index (χ3v) is 5.69. The summed E-state index contributed by atoms with van der Waals surface area (Å²) in [4.78, 5) is 23.8. The van der Waals surface area contributed by atoms with Crippen LogP contribution in [-0.2, 0) is 9.59 Å². The van der Waals surface area contributed by atoms with Crippen molar-refractivity contribution in [1.29, 1.82) is 0 Å². The Bertz CT molecular complexity index is 954. The number of hydrogen-bond acceptors (Lipinski definition) is 9. The molecule has 3 rings (SSSR count). The van der Waals surface area contributed by atoms with Crippen molar-refractivity contribution < 1.29 is 9.59 Å². The number of nitrogens with one attached hydrogen (secondary N) is 2. The highest BCUT2D eigenvalue weighted by molar-refractivity contribution is 8.01.